The van der Waals surface area contributed by atoms with Crippen LogP contribution in [0.3, 0.4) is 0 Å². The molecule has 1 saturated heterocycles. The Balaban J connectivity index is 2.18. The first-order valence-corrected chi connectivity index (χ1v) is 9.72. The van der Waals surface area contributed by atoms with Crippen LogP contribution in [0, 0.1) is 6.92 Å². The minimum Gasteiger partial charge on any atom is -0.480 e. The van der Waals surface area contributed by atoms with E-state index in [9.17, 15) is 18.0 Å². The van der Waals surface area contributed by atoms with Crippen molar-refractivity contribution in [2.45, 2.75) is 30.7 Å². The third kappa shape index (κ3) is 4.22. The van der Waals surface area contributed by atoms with Gasteiger partial charge in [-0.15, -0.1) is 0 Å². The highest BCUT2D eigenvalue weighted by molar-refractivity contribution is 7.89. The second kappa shape index (κ2) is 8.15. The average molecular weight is 384 g/mol. The number of sulfonamides is 1. The van der Waals surface area contributed by atoms with Gasteiger partial charge in [-0.25, -0.2) is 13.2 Å². The minimum absolute atomic E-state index is 0.0278. The zero-order chi connectivity index (χ0) is 19.5. The zero-order valence-corrected chi connectivity index (χ0v) is 16.0. The van der Waals surface area contributed by atoms with Crippen LogP contribution in [0.1, 0.15) is 28.8 Å². The topological polar surface area (TPSA) is 104 Å². The molecule has 1 N–H and O–H groups in total. The van der Waals surface area contributed by atoms with Crippen molar-refractivity contribution >= 4 is 22.0 Å². The van der Waals surface area contributed by atoms with Gasteiger partial charge in [-0.2, -0.15) is 4.31 Å². The Morgan fingerprint density at radius 2 is 1.92 bits per heavy atom. The number of ether oxygens (including phenoxy) is 1. The van der Waals surface area contributed by atoms with Crippen LogP contribution >= 0.6 is 0 Å². The van der Waals surface area contributed by atoms with Gasteiger partial charge >= 0.3 is 11.9 Å². The summed E-state index contributed by atoms with van der Waals surface area (Å²) in [5, 5.41) is 8.88. The van der Waals surface area contributed by atoms with Gasteiger partial charge in [0, 0.05) is 19.1 Å². The molecule has 0 unspecified atom stereocenters. The molecule has 1 aliphatic heterocycles. The molecule has 0 saturated carbocycles. The summed E-state index contributed by atoms with van der Waals surface area (Å²) in [4.78, 5) is 24.5. The van der Waals surface area contributed by atoms with Gasteiger partial charge in [0.2, 0.25) is 10.0 Å². The second-order valence-corrected chi connectivity index (χ2v) is 8.27. The number of methoxy groups -OCH3 is 1. The number of likely N-dealkylation sites (N-methyl/N-ethyl adjacent to an activating group) is 1. The van der Waals surface area contributed by atoms with Crippen LogP contribution in [-0.2, 0) is 19.6 Å². The Hall–Kier alpha value is -1.97. The second-order valence-electron chi connectivity index (χ2n) is 6.36. The Morgan fingerprint density at radius 1 is 1.31 bits per heavy atom. The van der Waals surface area contributed by atoms with Crippen LogP contribution < -0.4 is 0 Å². The number of carbonyl (C=O) groups excluding carboxylic acids is 1. The number of carboxylic acid groups (broad SMARTS) is 1. The molecule has 0 aromatic heterocycles. The van der Waals surface area contributed by atoms with Crippen molar-refractivity contribution in [1.29, 1.82) is 0 Å². The number of carboxylic acids is 1. The lowest BCUT2D eigenvalue weighted by Crippen LogP contribution is -2.46. The number of carbonyl (C=O) groups is 2. The lowest BCUT2D eigenvalue weighted by Gasteiger charge is -2.35. The number of nitrogens with zero attached hydrogens (tertiary/aromatic N) is 2. The third-order valence-electron chi connectivity index (χ3n) is 4.74. The highest BCUT2D eigenvalue weighted by atomic mass is 32.2. The SMILES string of the molecule is COC(=O)c1cccc(S(=O)(=O)N2CCC(N(C)CC(=O)O)CC2)c1C. The van der Waals surface area contributed by atoms with E-state index in [1.54, 1.807) is 18.9 Å². The van der Waals surface area contributed by atoms with Crippen molar-refractivity contribution in [3.8, 4) is 0 Å². The monoisotopic (exact) mass is 384 g/mol. The van der Waals surface area contributed by atoms with Crippen LogP contribution in [0.5, 0.6) is 0 Å². The molecule has 1 heterocycles. The van der Waals surface area contributed by atoms with E-state index in [0.29, 0.717) is 31.5 Å². The third-order valence-corrected chi connectivity index (χ3v) is 6.78. The highest BCUT2D eigenvalue weighted by Crippen LogP contribution is 2.26. The fourth-order valence-corrected chi connectivity index (χ4v) is 4.95. The molecule has 0 aliphatic carbocycles. The molecule has 9 heteroatoms. The summed E-state index contributed by atoms with van der Waals surface area (Å²) in [6, 6.07) is 4.58. The number of piperidine rings is 1. The Bertz CT molecular complexity index is 784. The summed E-state index contributed by atoms with van der Waals surface area (Å²) in [7, 11) is -0.758. The normalized spacial score (nSPS) is 16.6. The largest absolute Gasteiger partial charge is 0.480 e. The van der Waals surface area contributed by atoms with Crippen LogP contribution in [0.2, 0.25) is 0 Å². The molecule has 0 bridgehead atoms. The molecule has 1 fully saturated rings. The first-order valence-electron chi connectivity index (χ1n) is 8.28. The fourth-order valence-electron chi connectivity index (χ4n) is 3.23. The van der Waals surface area contributed by atoms with Crippen molar-refractivity contribution in [2.75, 3.05) is 33.8 Å². The van der Waals surface area contributed by atoms with Crippen molar-refractivity contribution in [2.24, 2.45) is 0 Å². The van der Waals surface area contributed by atoms with Crippen LogP contribution in [0.15, 0.2) is 23.1 Å². The van der Waals surface area contributed by atoms with E-state index in [4.69, 9.17) is 9.84 Å². The molecule has 0 atom stereocenters. The maximum Gasteiger partial charge on any atom is 0.338 e. The standard InChI is InChI=1S/C17H24N2O6S/c1-12-14(17(22)25-3)5-4-6-15(12)26(23,24)19-9-7-13(8-10-19)18(2)11-16(20)21/h4-6,13H,7-11H2,1-3H3,(H,20,21). The maximum absolute atomic E-state index is 13.0. The Labute approximate surface area is 153 Å². The van der Waals surface area contributed by atoms with E-state index in [-0.39, 0.29) is 23.0 Å². The number of hydrogen-bond acceptors (Lipinski definition) is 6. The first-order chi connectivity index (χ1) is 12.2. The van der Waals surface area contributed by atoms with Crippen LogP contribution in [0.4, 0.5) is 0 Å². The zero-order valence-electron chi connectivity index (χ0n) is 15.1. The summed E-state index contributed by atoms with van der Waals surface area (Å²) < 4.78 is 32.1. The van der Waals surface area contributed by atoms with Crippen molar-refractivity contribution in [3.63, 3.8) is 0 Å². The van der Waals surface area contributed by atoms with Crippen LogP contribution in [-0.4, -0.2) is 74.5 Å². The minimum atomic E-state index is -3.74. The summed E-state index contributed by atoms with van der Waals surface area (Å²) in [6.45, 7) is 2.13. The first kappa shape index (κ1) is 20.3. The van der Waals surface area contributed by atoms with Gasteiger partial charge in [-0.3, -0.25) is 9.69 Å². The van der Waals surface area contributed by atoms with Gasteiger partial charge in [-0.05, 0) is 44.5 Å². The highest BCUT2D eigenvalue weighted by Gasteiger charge is 2.32. The molecule has 8 nitrogen and oxygen atoms in total. The lowest BCUT2D eigenvalue weighted by atomic mass is 10.1. The smallest absolute Gasteiger partial charge is 0.338 e. The molecule has 2 rings (SSSR count). The number of rotatable bonds is 6. The molecule has 0 amide bonds. The quantitative estimate of drug-likeness (QED) is 0.728. The van der Waals surface area contributed by atoms with E-state index in [1.807, 2.05) is 0 Å². The Kier molecular flexibility index (Phi) is 6.38. The Morgan fingerprint density at radius 3 is 2.46 bits per heavy atom. The predicted molar refractivity (Wildman–Crippen MR) is 94.6 cm³/mol. The van der Waals surface area contributed by atoms with Gasteiger partial charge < -0.3 is 9.84 Å². The molecular formula is C17H24N2O6S. The lowest BCUT2D eigenvalue weighted by molar-refractivity contribution is -0.138. The maximum atomic E-state index is 13.0. The van der Waals surface area contributed by atoms with Gasteiger partial charge in [0.25, 0.3) is 0 Å². The molecule has 1 aromatic carbocycles. The molecule has 1 aromatic rings. The summed E-state index contributed by atoms with van der Waals surface area (Å²) in [5.74, 6) is -1.48. The summed E-state index contributed by atoms with van der Waals surface area (Å²) in [5.41, 5.74) is 0.592. The van der Waals surface area contributed by atoms with E-state index >= 15 is 0 Å². The van der Waals surface area contributed by atoms with Gasteiger partial charge in [0.15, 0.2) is 0 Å². The fraction of sp³-hybridized carbons (Fsp3) is 0.529. The number of hydrogen-bond donors (Lipinski definition) is 1. The number of esters is 1. The number of benzene rings is 1. The van der Waals surface area contributed by atoms with Crippen molar-refractivity contribution < 1.29 is 27.9 Å². The van der Waals surface area contributed by atoms with E-state index < -0.39 is 22.0 Å². The average Bonchev–Trinajstić information content (AvgIpc) is 2.60. The summed E-state index contributed by atoms with van der Waals surface area (Å²) >= 11 is 0. The molecule has 26 heavy (non-hydrogen) atoms. The number of aliphatic carboxylic acids is 1. The van der Waals surface area contributed by atoms with Gasteiger partial charge in [0.05, 0.1) is 24.1 Å². The van der Waals surface area contributed by atoms with Crippen molar-refractivity contribution in [3.05, 3.63) is 29.3 Å². The van der Waals surface area contributed by atoms with Gasteiger partial charge in [0.1, 0.15) is 0 Å². The van der Waals surface area contributed by atoms with E-state index in [2.05, 4.69) is 0 Å². The molecule has 1 aliphatic rings. The molecule has 0 spiro atoms. The molecule has 144 valence electrons. The molecule has 0 radical (unpaired) electrons. The predicted octanol–water partition coefficient (Wildman–Crippen LogP) is 0.951. The van der Waals surface area contributed by atoms with E-state index in [0.717, 1.165) is 0 Å². The molecular weight excluding hydrogens is 360 g/mol. The van der Waals surface area contributed by atoms with Crippen molar-refractivity contribution in [1.82, 2.24) is 9.21 Å². The van der Waals surface area contributed by atoms with Crippen LogP contribution in [0.25, 0.3) is 0 Å². The summed E-state index contributed by atoms with van der Waals surface area (Å²) in [6.07, 6.45) is 1.11. The van der Waals surface area contributed by atoms with E-state index in [1.165, 1.54) is 29.6 Å². The van der Waals surface area contributed by atoms with Gasteiger partial charge in [-0.1, -0.05) is 6.07 Å².